The smallest absolute Gasteiger partial charge is 0.0475 e. The second kappa shape index (κ2) is 9.92. The van der Waals surface area contributed by atoms with Crippen LogP contribution in [0.5, 0.6) is 0 Å². The SMILES string of the molecule is CC1(C)c2ccccc2-c2ccc(N(c3ccccc3)c3cc(-c4ccc5ccccc5c4)c4sc5ccccc5c4c3)cc21. The van der Waals surface area contributed by atoms with E-state index >= 15 is 0 Å². The van der Waals surface area contributed by atoms with Gasteiger partial charge in [0.15, 0.2) is 0 Å². The standard InChI is InChI=1S/C43H31NS/c1-43(2)39-18-10-8-16-34(39)35-23-22-32(27-40(35)43)44(31-14-4-3-5-15-31)33-25-37(30-21-20-28-12-6-7-13-29(28)24-30)42-38(26-33)36-17-9-11-19-41(36)45-42/h3-27H,1-2H3. The summed E-state index contributed by atoms with van der Waals surface area (Å²) < 4.78 is 2.64. The topological polar surface area (TPSA) is 3.24 Å². The molecule has 9 rings (SSSR count). The van der Waals surface area contributed by atoms with Crippen molar-refractivity contribution < 1.29 is 0 Å². The summed E-state index contributed by atoms with van der Waals surface area (Å²) in [6, 6.07) is 55.9. The molecule has 0 amide bonds. The minimum atomic E-state index is -0.0753. The number of benzene rings is 7. The van der Waals surface area contributed by atoms with Gasteiger partial charge in [0.25, 0.3) is 0 Å². The van der Waals surface area contributed by atoms with Crippen LogP contribution in [0.1, 0.15) is 25.0 Å². The highest BCUT2D eigenvalue weighted by Crippen LogP contribution is 2.51. The zero-order valence-corrected chi connectivity index (χ0v) is 26.1. The van der Waals surface area contributed by atoms with Crippen molar-refractivity contribution in [3.63, 3.8) is 0 Å². The first kappa shape index (κ1) is 26.2. The fraction of sp³-hybridized carbons (Fsp3) is 0.0698. The Morgan fingerprint density at radius 2 is 1.20 bits per heavy atom. The molecule has 214 valence electrons. The van der Waals surface area contributed by atoms with Crippen LogP contribution in [0.2, 0.25) is 0 Å². The molecule has 2 heteroatoms. The Morgan fingerprint density at radius 1 is 0.467 bits per heavy atom. The van der Waals surface area contributed by atoms with Crippen molar-refractivity contribution in [1.29, 1.82) is 0 Å². The van der Waals surface area contributed by atoms with E-state index in [2.05, 4.69) is 170 Å². The summed E-state index contributed by atoms with van der Waals surface area (Å²) in [6.07, 6.45) is 0. The predicted octanol–water partition coefficient (Wildman–Crippen LogP) is 12.7. The normalized spacial score (nSPS) is 13.3. The van der Waals surface area contributed by atoms with Gasteiger partial charge in [0, 0.05) is 48.2 Å². The molecule has 0 radical (unpaired) electrons. The van der Waals surface area contributed by atoms with E-state index in [1.165, 1.54) is 70.0 Å². The molecule has 7 aromatic carbocycles. The van der Waals surface area contributed by atoms with Crippen LogP contribution in [0.4, 0.5) is 17.1 Å². The maximum absolute atomic E-state index is 2.44. The molecule has 0 saturated heterocycles. The third-order valence-corrected chi connectivity index (χ3v) is 10.8. The Balaban J connectivity index is 1.31. The van der Waals surface area contributed by atoms with E-state index in [0.717, 1.165) is 11.4 Å². The molecule has 0 atom stereocenters. The molecule has 0 unspecified atom stereocenters. The van der Waals surface area contributed by atoms with E-state index < -0.39 is 0 Å². The number of hydrogen-bond acceptors (Lipinski definition) is 2. The van der Waals surface area contributed by atoms with Crippen LogP contribution in [0.25, 0.3) is 53.2 Å². The minimum absolute atomic E-state index is 0.0753. The van der Waals surface area contributed by atoms with Crippen molar-refractivity contribution >= 4 is 59.3 Å². The average Bonchev–Trinajstić information content (AvgIpc) is 3.57. The maximum atomic E-state index is 2.44. The molecule has 0 fully saturated rings. The van der Waals surface area contributed by atoms with Crippen molar-refractivity contribution in [1.82, 2.24) is 0 Å². The van der Waals surface area contributed by atoms with Gasteiger partial charge in [-0.1, -0.05) is 117 Å². The fourth-order valence-corrected chi connectivity index (χ4v) is 8.59. The predicted molar refractivity (Wildman–Crippen MR) is 195 cm³/mol. The lowest BCUT2D eigenvalue weighted by Gasteiger charge is -2.28. The number of nitrogens with zero attached hydrogens (tertiary/aromatic N) is 1. The van der Waals surface area contributed by atoms with E-state index in [-0.39, 0.29) is 5.41 Å². The summed E-state index contributed by atoms with van der Waals surface area (Å²) in [7, 11) is 0. The third kappa shape index (κ3) is 4.06. The van der Waals surface area contributed by atoms with Gasteiger partial charge in [-0.15, -0.1) is 11.3 Å². The highest BCUT2D eigenvalue weighted by molar-refractivity contribution is 7.26. The molecule has 1 aromatic heterocycles. The zero-order valence-electron chi connectivity index (χ0n) is 25.3. The highest BCUT2D eigenvalue weighted by Gasteiger charge is 2.35. The van der Waals surface area contributed by atoms with Gasteiger partial charge < -0.3 is 4.90 Å². The van der Waals surface area contributed by atoms with E-state index in [0.29, 0.717) is 0 Å². The van der Waals surface area contributed by atoms with Gasteiger partial charge in [-0.25, -0.2) is 0 Å². The third-order valence-electron chi connectivity index (χ3n) is 9.62. The van der Waals surface area contributed by atoms with Crippen molar-refractivity contribution in [3.05, 3.63) is 163 Å². The zero-order chi connectivity index (χ0) is 30.1. The highest BCUT2D eigenvalue weighted by atomic mass is 32.1. The van der Waals surface area contributed by atoms with Crippen molar-refractivity contribution in [2.24, 2.45) is 0 Å². The molecule has 0 spiro atoms. The van der Waals surface area contributed by atoms with Gasteiger partial charge in [-0.2, -0.15) is 0 Å². The number of para-hydroxylation sites is 1. The summed E-state index contributed by atoms with van der Waals surface area (Å²) in [6.45, 7) is 4.71. The van der Waals surface area contributed by atoms with E-state index in [1.54, 1.807) is 0 Å². The quantitative estimate of drug-likeness (QED) is 0.196. The first-order valence-electron chi connectivity index (χ1n) is 15.6. The Labute approximate surface area is 267 Å². The first-order valence-corrected chi connectivity index (χ1v) is 16.4. The van der Waals surface area contributed by atoms with E-state index in [4.69, 9.17) is 0 Å². The van der Waals surface area contributed by atoms with Gasteiger partial charge >= 0.3 is 0 Å². The first-order chi connectivity index (χ1) is 22.1. The number of anilines is 3. The molecule has 1 heterocycles. The lowest BCUT2D eigenvalue weighted by atomic mass is 9.82. The molecule has 0 N–H and O–H groups in total. The second-order valence-electron chi connectivity index (χ2n) is 12.6. The van der Waals surface area contributed by atoms with Crippen molar-refractivity contribution in [2.75, 3.05) is 4.90 Å². The van der Waals surface area contributed by atoms with Crippen LogP contribution in [0.15, 0.2) is 152 Å². The molecule has 0 aliphatic heterocycles. The van der Waals surface area contributed by atoms with Gasteiger partial charge in [0.1, 0.15) is 0 Å². The molecule has 8 aromatic rings. The van der Waals surface area contributed by atoms with Crippen LogP contribution in [-0.2, 0) is 5.41 Å². The molecule has 1 aliphatic rings. The van der Waals surface area contributed by atoms with Crippen LogP contribution in [0, 0.1) is 0 Å². The average molecular weight is 594 g/mol. The summed E-state index contributed by atoms with van der Waals surface area (Å²) in [4.78, 5) is 2.44. The molecule has 45 heavy (non-hydrogen) atoms. The van der Waals surface area contributed by atoms with Crippen LogP contribution < -0.4 is 4.90 Å². The number of fused-ring (bicyclic) bond motifs is 7. The van der Waals surface area contributed by atoms with Gasteiger partial charge in [0.05, 0.1) is 0 Å². The molecule has 1 nitrogen and oxygen atoms in total. The Hall–Kier alpha value is -5.18. The Bertz CT molecular complexity index is 2410. The summed E-state index contributed by atoms with van der Waals surface area (Å²) in [5.74, 6) is 0. The Kier molecular flexibility index (Phi) is 5.78. The van der Waals surface area contributed by atoms with Gasteiger partial charge in [-0.3, -0.25) is 0 Å². The second-order valence-corrected chi connectivity index (χ2v) is 13.7. The molecule has 0 saturated carbocycles. The summed E-state index contributed by atoms with van der Waals surface area (Å²) >= 11 is 1.89. The van der Waals surface area contributed by atoms with Crippen molar-refractivity contribution in [2.45, 2.75) is 19.3 Å². The molecular formula is C43H31NS. The van der Waals surface area contributed by atoms with Crippen LogP contribution in [-0.4, -0.2) is 0 Å². The lowest BCUT2D eigenvalue weighted by molar-refractivity contribution is 0.660. The maximum Gasteiger partial charge on any atom is 0.0475 e. The summed E-state index contributed by atoms with van der Waals surface area (Å²) in [5.41, 5.74) is 11.4. The van der Waals surface area contributed by atoms with Crippen LogP contribution in [0.3, 0.4) is 0 Å². The molecule has 0 bridgehead atoms. The number of rotatable bonds is 4. The van der Waals surface area contributed by atoms with Gasteiger partial charge in [0.2, 0.25) is 0 Å². The van der Waals surface area contributed by atoms with Crippen LogP contribution >= 0.6 is 11.3 Å². The Morgan fingerprint density at radius 3 is 2.09 bits per heavy atom. The van der Waals surface area contributed by atoms with Crippen molar-refractivity contribution in [3.8, 4) is 22.3 Å². The van der Waals surface area contributed by atoms with E-state index in [9.17, 15) is 0 Å². The largest absolute Gasteiger partial charge is 0.310 e. The summed E-state index contributed by atoms with van der Waals surface area (Å²) in [5, 5.41) is 5.12. The van der Waals surface area contributed by atoms with E-state index in [1.807, 2.05) is 11.3 Å². The molecule has 1 aliphatic carbocycles. The fourth-order valence-electron chi connectivity index (χ4n) is 7.37. The molecular weight excluding hydrogens is 563 g/mol. The lowest BCUT2D eigenvalue weighted by Crippen LogP contribution is -2.16. The monoisotopic (exact) mass is 593 g/mol. The minimum Gasteiger partial charge on any atom is -0.310 e. The van der Waals surface area contributed by atoms with Gasteiger partial charge in [-0.05, 0) is 87.1 Å². The number of hydrogen-bond donors (Lipinski definition) is 0. The number of thiophene rings is 1.